The highest BCUT2D eigenvalue weighted by Crippen LogP contribution is 2.30. The van der Waals surface area contributed by atoms with Gasteiger partial charge in [-0.05, 0) is 19.8 Å². The first-order valence-corrected chi connectivity index (χ1v) is 6.98. The summed E-state index contributed by atoms with van der Waals surface area (Å²) in [5, 5.41) is 19.7. The maximum Gasteiger partial charge on any atom is 0.306 e. The van der Waals surface area contributed by atoms with Crippen molar-refractivity contribution in [2.24, 2.45) is 5.92 Å². The number of rotatable bonds is 3. The van der Waals surface area contributed by atoms with E-state index in [0.717, 1.165) is 11.3 Å². The lowest BCUT2D eigenvalue weighted by Gasteiger charge is -2.29. The molecule has 1 fully saturated rings. The zero-order chi connectivity index (χ0) is 14.9. The van der Waals surface area contributed by atoms with E-state index in [1.165, 1.54) is 6.07 Å². The number of hydrogen-bond donors (Lipinski definition) is 1. The van der Waals surface area contributed by atoms with Crippen molar-refractivity contribution in [2.75, 3.05) is 13.1 Å². The number of carboxylic acid groups (broad SMARTS) is 1. The van der Waals surface area contributed by atoms with E-state index in [-0.39, 0.29) is 11.6 Å². The van der Waals surface area contributed by atoms with Crippen LogP contribution in [0.2, 0.25) is 0 Å². The number of likely N-dealkylation sites (tertiary alicyclic amines) is 1. The molecular weight excluding hydrogens is 284 g/mol. The van der Waals surface area contributed by atoms with Gasteiger partial charge in [0.15, 0.2) is 0 Å². The lowest BCUT2D eigenvalue weighted by molar-refractivity contribution is -0.385. The number of carboxylic acids is 1. The average Bonchev–Trinajstić information content (AvgIpc) is 2.80. The van der Waals surface area contributed by atoms with Crippen LogP contribution in [0.4, 0.5) is 5.69 Å². The van der Waals surface area contributed by atoms with E-state index in [1.54, 1.807) is 11.8 Å². The second-order valence-corrected chi connectivity index (χ2v) is 5.97. The van der Waals surface area contributed by atoms with E-state index in [0.29, 0.717) is 35.7 Å². The number of aliphatic carboxylic acids is 1. The minimum absolute atomic E-state index is 0.0428. The van der Waals surface area contributed by atoms with Crippen LogP contribution in [0.15, 0.2) is 6.07 Å². The molecule has 1 aliphatic rings. The van der Waals surface area contributed by atoms with E-state index in [1.807, 2.05) is 0 Å². The standard InChI is InChI=1S/C12H14N2O5S/c1-7-9(14(18)19)6-10(20-7)11(15)13-4-2-8(3-5-13)12(16)17/h6,8H,2-5H2,1H3,(H,16,17). The largest absolute Gasteiger partial charge is 0.481 e. The van der Waals surface area contributed by atoms with Crippen LogP contribution in [0.5, 0.6) is 0 Å². The molecule has 7 nitrogen and oxygen atoms in total. The Morgan fingerprint density at radius 3 is 2.50 bits per heavy atom. The average molecular weight is 298 g/mol. The van der Waals surface area contributed by atoms with E-state index >= 15 is 0 Å². The van der Waals surface area contributed by atoms with Crippen molar-refractivity contribution in [1.82, 2.24) is 4.90 Å². The van der Waals surface area contributed by atoms with Gasteiger partial charge in [-0.2, -0.15) is 0 Å². The Morgan fingerprint density at radius 2 is 2.05 bits per heavy atom. The fourth-order valence-corrected chi connectivity index (χ4v) is 3.20. The van der Waals surface area contributed by atoms with E-state index in [4.69, 9.17) is 5.11 Å². The molecule has 20 heavy (non-hydrogen) atoms. The third kappa shape index (κ3) is 2.79. The van der Waals surface area contributed by atoms with Gasteiger partial charge >= 0.3 is 5.97 Å². The third-order valence-corrected chi connectivity index (χ3v) is 4.46. The minimum atomic E-state index is -0.834. The molecule has 0 saturated carbocycles. The number of thiophene rings is 1. The molecule has 2 heterocycles. The molecule has 1 saturated heterocycles. The summed E-state index contributed by atoms with van der Waals surface area (Å²) in [6.45, 7) is 2.36. The zero-order valence-electron chi connectivity index (χ0n) is 10.9. The first kappa shape index (κ1) is 14.4. The summed E-state index contributed by atoms with van der Waals surface area (Å²) in [4.78, 5) is 35.8. The minimum Gasteiger partial charge on any atom is -0.481 e. The van der Waals surface area contributed by atoms with Crippen LogP contribution >= 0.6 is 11.3 Å². The maximum atomic E-state index is 12.2. The van der Waals surface area contributed by atoms with Crippen LogP contribution < -0.4 is 0 Å². The quantitative estimate of drug-likeness (QED) is 0.678. The molecule has 0 spiro atoms. The Labute approximate surface area is 119 Å². The molecule has 0 radical (unpaired) electrons. The Balaban J connectivity index is 2.07. The summed E-state index contributed by atoms with van der Waals surface area (Å²) in [6.07, 6.45) is 0.848. The molecule has 8 heteroatoms. The number of aryl methyl sites for hydroxylation is 1. The summed E-state index contributed by atoms with van der Waals surface area (Å²) < 4.78 is 0. The summed E-state index contributed by atoms with van der Waals surface area (Å²) in [5.41, 5.74) is -0.0428. The molecule has 0 unspecified atom stereocenters. The van der Waals surface area contributed by atoms with Crippen molar-refractivity contribution < 1.29 is 19.6 Å². The first-order valence-electron chi connectivity index (χ1n) is 6.17. The monoisotopic (exact) mass is 298 g/mol. The Hall–Kier alpha value is -1.96. The fourth-order valence-electron chi connectivity index (χ4n) is 2.24. The Kier molecular flexibility index (Phi) is 4.03. The molecule has 0 aliphatic carbocycles. The first-order chi connectivity index (χ1) is 9.40. The second kappa shape index (κ2) is 5.58. The lowest BCUT2D eigenvalue weighted by Crippen LogP contribution is -2.39. The SMILES string of the molecule is Cc1sc(C(=O)N2CCC(C(=O)O)CC2)cc1[N+](=O)[O-]. The highest BCUT2D eigenvalue weighted by Gasteiger charge is 2.29. The molecular formula is C12H14N2O5S. The molecule has 1 amide bonds. The summed E-state index contributed by atoms with van der Waals surface area (Å²) in [6, 6.07) is 1.30. The van der Waals surface area contributed by atoms with Crippen LogP contribution in [0, 0.1) is 23.0 Å². The van der Waals surface area contributed by atoms with Gasteiger partial charge in [0.25, 0.3) is 11.6 Å². The van der Waals surface area contributed by atoms with Gasteiger partial charge in [-0.25, -0.2) is 0 Å². The molecule has 108 valence electrons. The summed E-state index contributed by atoms with van der Waals surface area (Å²) in [5.74, 6) is -1.49. The molecule has 2 rings (SSSR count). The van der Waals surface area contributed by atoms with Gasteiger partial charge in [-0.1, -0.05) is 0 Å². The van der Waals surface area contributed by atoms with Gasteiger partial charge in [0.1, 0.15) is 0 Å². The van der Waals surface area contributed by atoms with E-state index < -0.39 is 16.8 Å². The molecule has 0 bridgehead atoms. The van der Waals surface area contributed by atoms with Gasteiger partial charge in [-0.15, -0.1) is 11.3 Å². The molecule has 1 aromatic rings. The lowest BCUT2D eigenvalue weighted by atomic mass is 9.97. The van der Waals surface area contributed by atoms with E-state index in [2.05, 4.69) is 0 Å². The van der Waals surface area contributed by atoms with Crippen LogP contribution in [0.25, 0.3) is 0 Å². The topological polar surface area (TPSA) is 101 Å². The number of carbonyl (C=O) groups is 2. The normalized spacial score (nSPS) is 16.1. The van der Waals surface area contributed by atoms with E-state index in [9.17, 15) is 19.7 Å². The van der Waals surface area contributed by atoms with Gasteiger partial charge in [-0.3, -0.25) is 19.7 Å². The van der Waals surface area contributed by atoms with Crippen molar-refractivity contribution in [2.45, 2.75) is 19.8 Å². The predicted octanol–water partition coefficient (Wildman–Crippen LogP) is 1.90. The van der Waals surface area contributed by atoms with Gasteiger partial charge < -0.3 is 10.0 Å². The maximum absolute atomic E-state index is 12.2. The molecule has 0 atom stereocenters. The van der Waals surface area contributed by atoms with Gasteiger partial charge in [0, 0.05) is 19.2 Å². The molecule has 1 aromatic heterocycles. The number of piperidine rings is 1. The zero-order valence-corrected chi connectivity index (χ0v) is 11.7. The van der Waals surface area contributed by atoms with Crippen LogP contribution in [0.1, 0.15) is 27.4 Å². The van der Waals surface area contributed by atoms with Crippen LogP contribution in [-0.2, 0) is 4.79 Å². The molecule has 0 aromatic carbocycles. The summed E-state index contributed by atoms with van der Waals surface area (Å²) >= 11 is 1.10. The Bertz CT molecular complexity index is 560. The third-order valence-electron chi connectivity index (χ3n) is 3.43. The smallest absolute Gasteiger partial charge is 0.306 e. The van der Waals surface area contributed by atoms with Crippen LogP contribution in [0.3, 0.4) is 0 Å². The molecule has 1 N–H and O–H groups in total. The van der Waals surface area contributed by atoms with Crippen LogP contribution in [-0.4, -0.2) is 39.9 Å². The van der Waals surface area contributed by atoms with Crippen molar-refractivity contribution in [1.29, 1.82) is 0 Å². The number of nitrogens with zero attached hydrogens (tertiary/aromatic N) is 2. The summed E-state index contributed by atoms with van der Waals surface area (Å²) in [7, 11) is 0. The van der Waals surface area contributed by atoms with Crippen molar-refractivity contribution >= 4 is 28.9 Å². The number of hydrogen-bond acceptors (Lipinski definition) is 5. The van der Waals surface area contributed by atoms with Crippen molar-refractivity contribution in [3.63, 3.8) is 0 Å². The Morgan fingerprint density at radius 1 is 1.45 bits per heavy atom. The molecule has 1 aliphatic heterocycles. The number of carbonyl (C=O) groups excluding carboxylic acids is 1. The van der Waals surface area contributed by atoms with Gasteiger partial charge in [0.05, 0.1) is 20.6 Å². The van der Waals surface area contributed by atoms with Crippen molar-refractivity contribution in [3.8, 4) is 0 Å². The highest BCUT2D eigenvalue weighted by molar-refractivity contribution is 7.14. The fraction of sp³-hybridized carbons (Fsp3) is 0.500. The predicted molar refractivity (Wildman–Crippen MR) is 72.0 cm³/mol. The number of nitro groups is 1. The van der Waals surface area contributed by atoms with Crippen molar-refractivity contribution in [3.05, 3.63) is 25.9 Å². The van der Waals surface area contributed by atoms with Gasteiger partial charge in [0.2, 0.25) is 0 Å². The second-order valence-electron chi connectivity index (χ2n) is 4.71. The number of amides is 1. The highest BCUT2D eigenvalue weighted by atomic mass is 32.1.